The maximum Gasteiger partial charge on any atom is 0.164 e. The van der Waals surface area contributed by atoms with Gasteiger partial charge in [-0.3, -0.25) is 0 Å². The van der Waals surface area contributed by atoms with Gasteiger partial charge in [-0.25, -0.2) is 29.9 Å². The number of aromatic nitrogens is 6. The average Bonchev–Trinajstić information content (AvgIpc) is 3.21. The van der Waals surface area contributed by atoms with Crippen molar-refractivity contribution < 1.29 is 0 Å². The first kappa shape index (κ1) is 30.2. The fourth-order valence-corrected chi connectivity index (χ4v) is 5.66. The molecule has 0 bridgehead atoms. The first-order chi connectivity index (χ1) is 24.7. The zero-order chi connectivity index (χ0) is 33.7. The molecule has 0 spiro atoms. The van der Waals surface area contributed by atoms with Crippen molar-refractivity contribution in [2.75, 3.05) is 0 Å². The average molecular weight is 642 g/mol. The molecule has 0 aliphatic heterocycles. The molecule has 234 valence electrons. The van der Waals surface area contributed by atoms with Gasteiger partial charge in [0, 0.05) is 33.4 Å². The topological polar surface area (TPSA) is 101 Å². The van der Waals surface area contributed by atoms with Crippen LogP contribution >= 0.6 is 0 Å². The fraction of sp³-hybridized carbons (Fsp3) is 0. The van der Waals surface area contributed by atoms with Gasteiger partial charge in [0.1, 0.15) is 0 Å². The van der Waals surface area contributed by atoms with E-state index in [2.05, 4.69) is 30.3 Å². The minimum Gasteiger partial charge on any atom is -0.208 e. The van der Waals surface area contributed by atoms with Gasteiger partial charge in [0.15, 0.2) is 34.9 Å². The summed E-state index contributed by atoms with van der Waals surface area (Å²) in [5, 5.41) is 9.30. The quantitative estimate of drug-likeness (QED) is 0.171. The van der Waals surface area contributed by atoms with Crippen molar-refractivity contribution in [3.05, 3.63) is 169 Å². The lowest BCUT2D eigenvalue weighted by molar-refractivity contribution is 1.07. The van der Waals surface area contributed by atoms with E-state index in [1.54, 1.807) is 12.1 Å². The molecular formula is C43H27N7. The molecule has 0 aliphatic rings. The summed E-state index contributed by atoms with van der Waals surface area (Å²) >= 11 is 0. The molecule has 8 aromatic rings. The summed E-state index contributed by atoms with van der Waals surface area (Å²) in [6, 6.07) is 55.6. The predicted molar refractivity (Wildman–Crippen MR) is 196 cm³/mol. The number of nitrogens with zero attached hydrogens (tertiary/aromatic N) is 7. The molecule has 0 aliphatic carbocycles. The fourth-order valence-electron chi connectivity index (χ4n) is 5.66. The molecule has 7 heteroatoms. The summed E-state index contributed by atoms with van der Waals surface area (Å²) in [4.78, 5) is 29.3. The van der Waals surface area contributed by atoms with E-state index in [1.165, 1.54) is 0 Å². The van der Waals surface area contributed by atoms with Crippen LogP contribution < -0.4 is 0 Å². The SMILES string of the molecule is N#Cc1ccc(-c2nc(-c3ccccc3)nc(-c3cccc(-c4cccc(-c5nc(-c6ccccc6)nc(-c6ccccc6)n5)c4)c3)n2)cc1. The minimum atomic E-state index is 0.531. The lowest BCUT2D eigenvalue weighted by atomic mass is 10.0. The highest BCUT2D eigenvalue weighted by Gasteiger charge is 2.15. The molecule has 0 N–H and O–H groups in total. The van der Waals surface area contributed by atoms with Crippen LogP contribution in [-0.4, -0.2) is 29.9 Å². The number of hydrogen-bond acceptors (Lipinski definition) is 7. The summed E-state index contributed by atoms with van der Waals surface area (Å²) in [6.45, 7) is 0. The lowest BCUT2D eigenvalue weighted by Gasteiger charge is -2.11. The van der Waals surface area contributed by atoms with Crippen molar-refractivity contribution in [2.24, 2.45) is 0 Å². The molecule has 2 aromatic heterocycles. The van der Waals surface area contributed by atoms with Crippen molar-refractivity contribution in [3.8, 4) is 85.5 Å². The van der Waals surface area contributed by atoms with Gasteiger partial charge in [-0.05, 0) is 47.5 Å². The van der Waals surface area contributed by atoms with Crippen LogP contribution in [0.15, 0.2) is 164 Å². The Kier molecular flexibility index (Phi) is 8.16. The van der Waals surface area contributed by atoms with Gasteiger partial charge in [0.2, 0.25) is 0 Å². The first-order valence-corrected chi connectivity index (χ1v) is 16.1. The Morgan fingerprint density at radius 1 is 0.280 bits per heavy atom. The summed E-state index contributed by atoms with van der Waals surface area (Å²) in [5.74, 6) is 3.47. The van der Waals surface area contributed by atoms with Crippen LogP contribution in [0, 0.1) is 11.3 Å². The third-order valence-electron chi connectivity index (χ3n) is 8.21. The molecule has 2 heterocycles. The van der Waals surface area contributed by atoms with Crippen LogP contribution in [0.1, 0.15) is 5.56 Å². The maximum absolute atomic E-state index is 9.30. The van der Waals surface area contributed by atoms with E-state index in [0.29, 0.717) is 40.5 Å². The molecule has 8 rings (SSSR count). The van der Waals surface area contributed by atoms with E-state index in [9.17, 15) is 5.26 Å². The summed E-state index contributed by atoms with van der Waals surface area (Å²) in [7, 11) is 0. The first-order valence-electron chi connectivity index (χ1n) is 16.1. The normalized spacial score (nSPS) is 10.8. The molecular weight excluding hydrogens is 615 g/mol. The monoisotopic (exact) mass is 641 g/mol. The second-order valence-corrected chi connectivity index (χ2v) is 11.6. The number of benzene rings is 6. The van der Waals surface area contributed by atoms with Gasteiger partial charge in [-0.1, -0.05) is 127 Å². The summed E-state index contributed by atoms with van der Waals surface area (Å²) in [5.41, 5.74) is 7.82. The van der Waals surface area contributed by atoms with Crippen molar-refractivity contribution in [2.45, 2.75) is 0 Å². The van der Waals surface area contributed by atoms with Gasteiger partial charge in [0.25, 0.3) is 0 Å². The van der Waals surface area contributed by atoms with Crippen molar-refractivity contribution in [1.29, 1.82) is 5.26 Å². The molecule has 0 amide bonds. The van der Waals surface area contributed by atoms with E-state index in [-0.39, 0.29) is 0 Å². The maximum atomic E-state index is 9.30. The Bertz CT molecular complexity index is 2420. The lowest BCUT2D eigenvalue weighted by Crippen LogP contribution is -2.00. The van der Waals surface area contributed by atoms with Crippen LogP contribution in [0.25, 0.3) is 79.5 Å². The van der Waals surface area contributed by atoms with Crippen LogP contribution in [0.3, 0.4) is 0 Å². The molecule has 0 saturated carbocycles. The zero-order valence-electron chi connectivity index (χ0n) is 26.7. The molecule has 6 aromatic carbocycles. The number of hydrogen-bond donors (Lipinski definition) is 0. The Morgan fingerprint density at radius 3 is 0.900 bits per heavy atom. The van der Waals surface area contributed by atoms with Crippen molar-refractivity contribution >= 4 is 0 Å². The third-order valence-corrected chi connectivity index (χ3v) is 8.21. The van der Waals surface area contributed by atoms with Crippen molar-refractivity contribution in [1.82, 2.24) is 29.9 Å². The third kappa shape index (κ3) is 6.37. The van der Waals surface area contributed by atoms with E-state index in [4.69, 9.17) is 29.9 Å². The molecule has 0 atom stereocenters. The minimum absolute atomic E-state index is 0.531. The smallest absolute Gasteiger partial charge is 0.164 e. The Balaban J connectivity index is 1.20. The van der Waals surface area contributed by atoms with E-state index in [1.807, 2.05) is 127 Å². The van der Waals surface area contributed by atoms with Gasteiger partial charge in [-0.2, -0.15) is 5.26 Å². The van der Waals surface area contributed by atoms with Crippen LogP contribution in [0.5, 0.6) is 0 Å². The molecule has 0 radical (unpaired) electrons. The second kappa shape index (κ2) is 13.5. The standard InChI is InChI=1S/C43H27N7/c44-28-29-22-24-33(25-23-29)41-46-40(32-16-8-3-9-17-32)49-43(50-41)37-21-11-19-35(27-37)34-18-10-20-36(26-34)42-47-38(30-12-4-1-5-13-30)45-39(48-42)31-14-6-2-7-15-31/h1-27H. The van der Waals surface area contributed by atoms with E-state index >= 15 is 0 Å². The van der Waals surface area contributed by atoms with Gasteiger partial charge in [0.05, 0.1) is 11.6 Å². The Hall–Kier alpha value is -7.17. The zero-order valence-corrected chi connectivity index (χ0v) is 26.7. The van der Waals surface area contributed by atoms with E-state index < -0.39 is 0 Å². The second-order valence-electron chi connectivity index (χ2n) is 11.6. The Morgan fingerprint density at radius 2 is 0.560 bits per heavy atom. The molecule has 0 unspecified atom stereocenters. The number of rotatable bonds is 7. The largest absolute Gasteiger partial charge is 0.208 e. The highest BCUT2D eigenvalue weighted by atomic mass is 15.0. The molecule has 50 heavy (non-hydrogen) atoms. The molecule has 7 nitrogen and oxygen atoms in total. The number of nitriles is 1. The van der Waals surface area contributed by atoms with Crippen LogP contribution in [0.4, 0.5) is 0 Å². The molecule has 0 saturated heterocycles. The van der Waals surface area contributed by atoms with Crippen molar-refractivity contribution in [3.63, 3.8) is 0 Å². The summed E-state index contributed by atoms with van der Waals surface area (Å²) < 4.78 is 0. The molecule has 0 fully saturated rings. The van der Waals surface area contributed by atoms with Gasteiger partial charge < -0.3 is 0 Å². The van der Waals surface area contributed by atoms with Gasteiger partial charge in [-0.15, -0.1) is 0 Å². The Labute approximate surface area is 289 Å². The van der Waals surface area contributed by atoms with Crippen LogP contribution in [-0.2, 0) is 0 Å². The van der Waals surface area contributed by atoms with E-state index in [0.717, 1.165) is 44.5 Å². The highest BCUT2D eigenvalue weighted by Crippen LogP contribution is 2.31. The summed E-state index contributed by atoms with van der Waals surface area (Å²) in [6.07, 6.45) is 0. The highest BCUT2D eigenvalue weighted by molar-refractivity contribution is 5.76. The van der Waals surface area contributed by atoms with Gasteiger partial charge >= 0.3 is 0 Å². The van der Waals surface area contributed by atoms with Crippen LogP contribution in [0.2, 0.25) is 0 Å². The predicted octanol–water partition coefficient (Wildman–Crippen LogP) is 9.60.